The molecule has 1 atom stereocenters. The van der Waals surface area contributed by atoms with Crippen molar-refractivity contribution in [3.63, 3.8) is 0 Å². The smallest absolute Gasteiger partial charge is 0.0990 e. The molecule has 1 aliphatic rings. The van der Waals surface area contributed by atoms with Crippen molar-refractivity contribution in [3.8, 4) is 0 Å². The third kappa shape index (κ3) is 2.37. The maximum absolute atomic E-state index is 10.3. The molecule has 1 unspecified atom stereocenters. The van der Waals surface area contributed by atoms with Gasteiger partial charge in [-0.05, 0) is 37.3 Å². The number of aliphatic hydroxyl groups is 1. The quantitative estimate of drug-likeness (QED) is 0.805. The molecule has 2 heteroatoms. The molecular weight excluding hydrogens is 186 g/mol. The minimum atomic E-state index is -0.355. The molecule has 0 amide bonds. The van der Waals surface area contributed by atoms with Crippen molar-refractivity contribution in [1.82, 2.24) is 4.98 Å². The molecule has 0 bridgehead atoms. The predicted octanol–water partition coefficient (Wildman–Crippen LogP) is 3.00. The molecule has 1 aliphatic carbocycles. The van der Waals surface area contributed by atoms with E-state index in [1.807, 2.05) is 19.1 Å². The summed E-state index contributed by atoms with van der Waals surface area (Å²) in [5, 5.41) is 10.3. The second kappa shape index (κ2) is 4.75. The highest BCUT2D eigenvalue weighted by Crippen LogP contribution is 2.34. The van der Waals surface area contributed by atoms with Crippen LogP contribution >= 0.6 is 0 Å². The van der Waals surface area contributed by atoms with Crippen molar-refractivity contribution in [2.75, 3.05) is 0 Å². The molecule has 1 N–H and O–H groups in total. The van der Waals surface area contributed by atoms with E-state index in [1.54, 1.807) is 6.20 Å². The number of nitrogens with zero attached hydrogens (tertiary/aromatic N) is 1. The van der Waals surface area contributed by atoms with Crippen molar-refractivity contribution in [2.45, 2.75) is 45.1 Å². The molecule has 0 radical (unpaired) electrons. The molecule has 1 fully saturated rings. The van der Waals surface area contributed by atoms with Gasteiger partial charge in [-0.15, -0.1) is 0 Å². The molecule has 0 aliphatic heterocycles. The predicted molar refractivity (Wildman–Crippen MR) is 60.5 cm³/mol. The van der Waals surface area contributed by atoms with Crippen LogP contribution in [0.5, 0.6) is 0 Å². The zero-order valence-corrected chi connectivity index (χ0v) is 9.32. The average molecular weight is 205 g/mol. The van der Waals surface area contributed by atoms with Crippen LogP contribution in [0.3, 0.4) is 0 Å². The molecule has 2 nitrogen and oxygen atoms in total. The van der Waals surface area contributed by atoms with Crippen LogP contribution in [0.2, 0.25) is 0 Å². The van der Waals surface area contributed by atoms with Gasteiger partial charge in [0.05, 0.1) is 11.8 Å². The highest BCUT2D eigenvalue weighted by atomic mass is 16.3. The average Bonchev–Trinajstić information content (AvgIpc) is 2.30. The third-order valence-corrected chi connectivity index (χ3v) is 3.43. The Bertz CT molecular complexity index is 318. The fourth-order valence-corrected chi connectivity index (χ4v) is 2.48. The first-order valence-corrected chi connectivity index (χ1v) is 5.88. The van der Waals surface area contributed by atoms with E-state index in [0.29, 0.717) is 5.92 Å². The van der Waals surface area contributed by atoms with Crippen LogP contribution in [0.1, 0.15) is 49.5 Å². The van der Waals surface area contributed by atoms with Gasteiger partial charge in [0.1, 0.15) is 0 Å². The first-order chi connectivity index (χ1) is 7.29. The van der Waals surface area contributed by atoms with Crippen LogP contribution in [0.25, 0.3) is 0 Å². The lowest BCUT2D eigenvalue weighted by Crippen LogP contribution is -2.17. The summed E-state index contributed by atoms with van der Waals surface area (Å²) >= 11 is 0. The van der Waals surface area contributed by atoms with Crippen molar-refractivity contribution < 1.29 is 5.11 Å². The van der Waals surface area contributed by atoms with Gasteiger partial charge in [0.25, 0.3) is 0 Å². The lowest BCUT2D eigenvalue weighted by atomic mass is 9.83. The van der Waals surface area contributed by atoms with E-state index in [1.165, 1.54) is 19.3 Å². The van der Waals surface area contributed by atoms with Crippen LogP contribution in [0, 0.1) is 12.8 Å². The van der Waals surface area contributed by atoms with Crippen LogP contribution in [-0.4, -0.2) is 10.1 Å². The van der Waals surface area contributed by atoms with E-state index in [9.17, 15) is 5.11 Å². The molecule has 2 rings (SSSR count). The van der Waals surface area contributed by atoms with E-state index < -0.39 is 0 Å². The molecule has 82 valence electrons. The van der Waals surface area contributed by atoms with Gasteiger partial charge in [-0.3, -0.25) is 4.98 Å². The number of aromatic nitrogens is 1. The number of rotatable bonds is 2. The first kappa shape index (κ1) is 10.6. The molecule has 1 aromatic rings. The molecule has 0 spiro atoms. The second-order valence-electron chi connectivity index (χ2n) is 4.55. The minimum Gasteiger partial charge on any atom is -0.387 e. The molecule has 1 saturated carbocycles. The van der Waals surface area contributed by atoms with Crippen LogP contribution in [0.15, 0.2) is 18.3 Å². The Balaban J connectivity index is 2.12. The fraction of sp³-hybridized carbons (Fsp3) is 0.615. The van der Waals surface area contributed by atoms with E-state index in [4.69, 9.17) is 0 Å². The maximum atomic E-state index is 10.3. The monoisotopic (exact) mass is 205 g/mol. The molecule has 0 saturated heterocycles. The molecular formula is C13H19NO. The lowest BCUT2D eigenvalue weighted by Gasteiger charge is -2.26. The van der Waals surface area contributed by atoms with Crippen molar-refractivity contribution in [3.05, 3.63) is 29.6 Å². The number of aryl methyl sites for hydroxylation is 1. The molecule has 1 aromatic heterocycles. The summed E-state index contributed by atoms with van der Waals surface area (Å²) in [5.41, 5.74) is 1.99. The van der Waals surface area contributed by atoms with E-state index in [-0.39, 0.29) is 6.10 Å². The summed E-state index contributed by atoms with van der Waals surface area (Å²) in [6.45, 7) is 2.02. The third-order valence-electron chi connectivity index (χ3n) is 3.43. The summed E-state index contributed by atoms with van der Waals surface area (Å²) in [4.78, 5) is 4.30. The van der Waals surface area contributed by atoms with Gasteiger partial charge in [-0.2, -0.15) is 0 Å². The SMILES string of the molecule is Cc1cccnc1C(O)C1CCCCC1. The van der Waals surface area contributed by atoms with E-state index in [0.717, 1.165) is 24.1 Å². The summed E-state index contributed by atoms with van der Waals surface area (Å²) in [6, 6.07) is 3.95. The zero-order valence-electron chi connectivity index (χ0n) is 9.32. The normalized spacial score (nSPS) is 20.1. The lowest BCUT2D eigenvalue weighted by molar-refractivity contribution is 0.0806. The van der Waals surface area contributed by atoms with Crippen LogP contribution in [0.4, 0.5) is 0 Å². The minimum absolute atomic E-state index is 0.355. The van der Waals surface area contributed by atoms with Crippen molar-refractivity contribution in [2.24, 2.45) is 5.92 Å². The van der Waals surface area contributed by atoms with Gasteiger partial charge in [0, 0.05) is 6.20 Å². The Morgan fingerprint density at radius 1 is 1.33 bits per heavy atom. The van der Waals surface area contributed by atoms with Gasteiger partial charge >= 0.3 is 0 Å². The number of aliphatic hydroxyl groups excluding tert-OH is 1. The summed E-state index contributed by atoms with van der Waals surface area (Å²) in [5.74, 6) is 0.423. The Morgan fingerprint density at radius 3 is 2.73 bits per heavy atom. The summed E-state index contributed by atoms with van der Waals surface area (Å²) in [6.07, 6.45) is 7.56. The maximum Gasteiger partial charge on any atom is 0.0990 e. The van der Waals surface area contributed by atoms with Crippen LogP contribution in [-0.2, 0) is 0 Å². The largest absolute Gasteiger partial charge is 0.387 e. The number of pyridine rings is 1. The Labute approximate surface area is 91.4 Å². The van der Waals surface area contributed by atoms with Gasteiger partial charge in [0.2, 0.25) is 0 Å². The highest BCUT2D eigenvalue weighted by Gasteiger charge is 2.24. The van der Waals surface area contributed by atoms with E-state index >= 15 is 0 Å². The molecule has 0 aromatic carbocycles. The highest BCUT2D eigenvalue weighted by molar-refractivity contribution is 5.20. The van der Waals surface area contributed by atoms with Gasteiger partial charge in [0.15, 0.2) is 0 Å². The van der Waals surface area contributed by atoms with Gasteiger partial charge < -0.3 is 5.11 Å². The molecule has 15 heavy (non-hydrogen) atoms. The van der Waals surface area contributed by atoms with E-state index in [2.05, 4.69) is 4.98 Å². The Kier molecular flexibility index (Phi) is 3.37. The Morgan fingerprint density at radius 2 is 2.07 bits per heavy atom. The summed E-state index contributed by atoms with van der Waals surface area (Å²) in [7, 11) is 0. The van der Waals surface area contributed by atoms with Crippen LogP contribution < -0.4 is 0 Å². The number of hydrogen-bond acceptors (Lipinski definition) is 2. The molecule has 1 heterocycles. The number of hydrogen-bond donors (Lipinski definition) is 1. The van der Waals surface area contributed by atoms with Crippen molar-refractivity contribution >= 4 is 0 Å². The van der Waals surface area contributed by atoms with Crippen molar-refractivity contribution in [1.29, 1.82) is 0 Å². The second-order valence-corrected chi connectivity index (χ2v) is 4.55. The Hall–Kier alpha value is -0.890. The van der Waals surface area contributed by atoms with Gasteiger partial charge in [-0.1, -0.05) is 25.3 Å². The van der Waals surface area contributed by atoms with Gasteiger partial charge in [-0.25, -0.2) is 0 Å². The first-order valence-electron chi connectivity index (χ1n) is 5.88. The summed E-state index contributed by atoms with van der Waals surface area (Å²) < 4.78 is 0. The topological polar surface area (TPSA) is 33.1 Å². The fourth-order valence-electron chi connectivity index (χ4n) is 2.48. The standard InChI is InChI=1S/C13H19NO/c1-10-6-5-9-14-12(10)13(15)11-7-3-2-4-8-11/h5-6,9,11,13,15H,2-4,7-8H2,1H3. The zero-order chi connectivity index (χ0) is 10.7.